The lowest BCUT2D eigenvalue weighted by Crippen LogP contribution is -2.44. The van der Waals surface area contributed by atoms with E-state index in [1.54, 1.807) is 4.90 Å². The van der Waals surface area contributed by atoms with Crippen molar-refractivity contribution >= 4 is 11.9 Å². The van der Waals surface area contributed by atoms with Gasteiger partial charge in [-0.1, -0.05) is 6.08 Å². The van der Waals surface area contributed by atoms with E-state index < -0.39 is 6.03 Å². The van der Waals surface area contributed by atoms with Crippen LogP contribution >= 0.6 is 0 Å². The highest BCUT2D eigenvalue weighted by Gasteiger charge is 2.22. The molecular formula is C10H17N3O3. The first-order valence-electron chi connectivity index (χ1n) is 5.21. The van der Waals surface area contributed by atoms with Crippen molar-refractivity contribution in [2.75, 3.05) is 26.2 Å². The van der Waals surface area contributed by atoms with Crippen LogP contribution < -0.4 is 10.6 Å². The Kier molecular flexibility index (Phi) is 4.94. The molecule has 0 radical (unpaired) electrons. The van der Waals surface area contributed by atoms with E-state index in [2.05, 4.69) is 17.2 Å². The first-order valence-corrected chi connectivity index (χ1v) is 5.21. The molecule has 0 aromatic heterocycles. The SMILES string of the molecule is C=CCNC(=O)NC(=O)CN1CC[C@@H](O)C1. The van der Waals surface area contributed by atoms with Gasteiger partial charge in [-0.3, -0.25) is 15.0 Å². The molecule has 1 fully saturated rings. The van der Waals surface area contributed by atoms with Gasteiger partial charge in [0.25, 0.3) is 0 Å². The van der Waals surface area contributed by atoms with Crippen LogP contribution in [0.3, 0.4) is 0 Å². The average molecular weight is 227 g/mol. The zero-order valence-electron chi connectivity index (χ0n) is 9.11. The molecule has 1 rings (SSSR count). The highest BCUT2D eigenvalue weighted by molar-refractivity contribution is 5.95. The number of rotatable bonds is 4. The van der Waals surface area contributed by atoms with E-state index in [1.165, 1.54) is 6.08 Å². The number of amides is 3. The molecule has 1 aliphatic rings. The second-order valence-corrected chi connectivity index (χ2v) is 3.72. The van der Waals surface area contributed by atoms with Crippen LogP contribution in [0.4, 0.5) is 4.79 Å². The van der Waals surface area contributed by atoms with Crippen LogP contribution in [0, 0.1) is 0 Å². The van der Waals surface area contributed by atoms with Gasteiger partial charge in [-0.2, -0.15) is 0 Å². The Labute approximate surface area is 94.3 Å². The standard InChI is InChI=1S/C10H17N3O3/c1-2-4-11-10(16)12-9(15)7-13-5-3-8(14)6-13/h2,8,14H,1,3-7H2,(H2,11,12,15,16)/t8-/m1/s1. The van der Waals surface area contributed by atoms with Crippen LogP contribution in [0.1, 0.15) is 6.42 Å². The lowest BCUT2D eigenvalue weighted by molar-refractivity contribution is -0.121. The number of β-amino-alcohol motifs (C(OH)–C–C–N with tert-alkyl or cyclic N) is 1. The molecule has 1 aliphatic heterocycles. The average Bonchev–Trinajstić information content (AvgIpc) is 2.60. The van der Waals surface area contributed by atoms with Gasteiger partial charge in [0.15, 0.2) is 0 Å². The molecule has 3 amide bonds. The molecule has 90 valence electrons. The summed E-state index contributed by atoms with van der Waals surface area (Å²) >= 11 is 0. The lowest BCUT2D eigenvalue weighted by atomic mass is 10.3. The van der Waals surface area contributed by atoms with Crippen LogP contribution in [0.25, 0.3) is 0 Å². The van der Waals surface area contributed by atoms with Gasteiger partial charge in [-0.05, 0) is 6.42 Å². The quantitative estimate of drug-likeness (QED) is 0.542. The van der Waals surface area contributed by atoms with Crippen molar-refractivity contribution in [1.82, 2.24) is 15.5 Å². The summed E-state index contributed by atoms with van der Waals surface area (Å²) in [5.41, 5.74) is 0. The zero-order valence-corrected chi connectivity index (χ0v) is 9.11. The second-order valence-electron chi connectivity index (χ2n) is 3.72. The van der Waals surface area contributed by atoms with Crippen molar-refractivity contribution in [3.63, 3.8) is 0 Å². The maximum Gasteiger partial charge on any atom is 0.321 e. The molecule has 1 atom stereocenters. The predicted molar refractivity (Wildman–Crippen MR) is 58.8 cm³/mol. The summed E-state index contributed by atoms with van der Waals surface area (Å²) in [6, 6.07) is -0.523. The minimum atomic E-state index is -0.523. The predicted octanol–water partition coefficient (Wildman–Crippen LogP) is -0.935. The van der Waals surface area contributed by atoms with Crippen molar-refractivity contribution in [3.05, 3.63) is 12.7 Å². The largest absolute Gasteiger partial charge is 0.392 e. The number of aliphatic hydroxyl groups excluding tert-OH is 1. The summed E-state index contributed by atoms with van der Waals surface area (Å²) in [6.07, 6.45) is 1.85. The number of aliphatic hydroxyl groups is 1. The lowest BCUT2D eigenvalue weighted by Gasteiger charge is -2.13. The first kappa shape index (κ1) is 12.7. The monoisotopic (exact) mass is 227 g/mol. The van der Waals surface area contributed by atoms with Crippen molar-refractivity contribution in [2.24, 2.45) is 0 Å². The van der Waals surface area contributed by atoms with Gasteiger partial charge in [-0.25, -0.2) is 4.79 Å². The molecule has 6 heteroatoms. The van der Waals surface area contributed by atoms with E-state index in [0.717, 1.165) is 0 Å². The Morgan fingerprint density at radius 2 is 2.31 bits per heavy atom. The third-order valence-electron chi connectivity index (χ3n) is 2.27. The number of carbonyl (C=O) groups is 2. The summed E-state index contributed by atoms with van der Waals surface area (Å²) in [4.78, 5) is 24.3. The molecule has 6 nitrogen and oxygen atoms in total. The van der Waals surface area contributed by atoms with Gasteiger partial charge in [0, 0.05) is 19.6 Å². The summed E-state index contributed by atoms with van der Waals surface area (Å²) in [7, 11) is 0. The summed E-state index contributed by atoms with van der Waals surface area (Å²) < 4.78 is 0. The van der Waals surface area contributed by atoms with E-state index in [-0.39, 0.29) is 18.6 Å². The summed E-state index contributed by atoms with van der Waals surface area (Å²) in [6.45, 7) is 5.07. The molecule has 16 heavy (non-hydrogen) atoms. The molecule has 0 aromatic carbocycles. The Morgan fingerprint density at radius 3 is 2.88 bits per heavy atom. The van der Waals surface area contributed by atoms with E-state index >= 15 is 0 Å². The molecule has 3 N–H and O–H groups in total. The minimum absolute atomic E-state index is 0.137. The number of urea groups is 1. The fraction of sp³-hybridized carbons (Fsp3) is 0.600. The Balaban J connectivity index is 2.20. The summed E-state index contributed by atoms with van der Waals surface area (Å²) in [5, 5.41) is 13.9. The highest BCUT2D eigenvalue weighted by atomic mass is 16.3. The van der Waals surface area contributed by atoms with Gasteiger partial charge in [0.2, 0.25) is 5.91 Å². The molecule has 0 saturated carbocycles. The van der Waals surface area contributed by atoms with Crippen molar-refractivity contribution in [3.8, 4) is 0 Å². The molecule has 1 heterocycles. The maximum absolute atomic E-state index is 11.4. The zero-order chi connectivity index (χ0) is 12.0. The van der Waals surface area contributed by atoms with E-state index in [1.807, 2.05) is 0 Å². The van der Waals surface area contributed by atoms with Crippen LogP contribution in [0.5, 0.6) is 0 Å². The van der Waals surface area contributed by atoms with Gasteiger partial charge >= 0.3 is 6.03 Å². The molecule has 0 aliphatic carbocycles. The smallest absolute Gasteiger partial charge is 0.321 e. The number of carbonyl (C=O) groups excluding carboxylic acids is 2. The number of nitrogens with one attached hydrogen (secondary N) is 2. The number of imide groups is 1. The molecule has 0 unspecified atom stereocenters. The molecule has 0 aromatic rings. The first-order chi connectivity index (χ1) is 7.61. The second kappa shape index (κ2) is 6.24. The fourth-order valence-corrected chi connectivity index (χ4v) is 1.53. The van der Waals surface area contributed by atoms with Gasteiger partial charge < -0.3 is 10.4 Å². The van der Waals surface area contributed by atoms with E-state index in [0.29, 0.717) is 26.1 Å². The Hall–Kier alpha value is -1.40. The van der Waals surface area contributed by atoms with Crippen LogP contribution in [-0.4, -0.2) is 54.2 Å². The topological polar surface area (TPSA) is 81.7 Å². The molecule has 1 saturated heterocycles. The van der Waals surface area contributed by atoms with Crippen molar-refractivity contribution in [1.29, 1.82) is 0 Å². The third-order valence-corrected chi connectivity index (χ3v) is 2.27. The van der Waals surface area contributed by atoms with Gasteiger partial charge in [0.05, 0.1) is 12.6 Å². The summed E-state index contributed by atoms with van der Waals surface area (Å²) in [5.74, 6) is -0.365. The maximum atomic E-state index is 11.4. The number of hydrogen-bond acceptors (Lipinski definition) is 4. The Bertz CT molecular complexity index is 280. The number of likely N-dealkylation sites (tertiary alicyclic amines) is 1. The van der Waals surface area contributed by atoms with E-state index in [4.69, 9.17) is 0 Å². The van der Waals surface area contributed by atoms with Crippen molar-refractivity contribution in [2.45, 2.75) is 12.5 Å². The number of hydrogen-bond donors (Lipinski definition) is 3. The number of nitrogens with zero attached hydrogens (tertiary/aromatic N) is 1. The normalized spacial score (nSPS) is 20.4. The van der Waals surface area contributed by atoms with Gasteiger partial charge in [-0.15, -0.1) is 6.58 Å². The molecule has 0 bridgehead atoms. The van der Waals surface area contributed by atoms with Crippen molar-refractivity contribution < 1.29 is 14.7 Å². The fourth-order valence-electron chi connectivity index (χ4n) is 1.53. The third kappa shape index (κ3) is 4.41. The highest BCUT2D eigenvalue weighted by Crippen LogP contribution is 2.07. The van der Waals surface area contributed by atoms with Crippen LogP contribution in [-0.2, 0) is 4.79 Å². The van der Waals surface area contributed by atoms with Crippen LogP contribution in [0.2, 0.25) is 0 Å². The van der Waals surface area contributed by atoms with Gasteiger partial charge in [0.1, 0.15) is 0 Å². The van der Waals surface area contributed by atoms with E-state index in [9.17, 15) is 14.7 Å². The minimum Gasteiger partial charge on any atom is -0.392 e. The molecular weight excluding hydrogens is 210 g/mol. The van der Waals surface area contributed by atoms with Crippen LogP contribution in [0.15, 0.2) is 12.7 Å². The Morgan fingerprint density at radius 1 is 1.56 bits per heavy atom. The molecule has 0 spiro atoms.